The highest BCUT2D eigenvalue weighted by atomic mass is 32.2. The van der Waals surface area contributed by atoms with Crippen LogP contribution in [-0.4, -0.2) is 32.5 Å². The number of hydrogen-bond acceptors (Lipinski definition) is 5. The molecule has 80 valence electrons. The molecule has 0 aliphatic rings. The van der Waals surface area contributed by atoms with Crippen LogP contribution in [0.5, 0.6) is 0 Å². The molecule has 0 atom stereocenters. The monoisotopic (exact) mass is 219 g/mol. The van der Waals surface area contributed by atoms with Crippen molar-refractivity contribution in [3.8, 4) is 6.07 Å². The van der Waals surface area contributed by atoms with E-state index in [4.69, 9.17) is 5.26 Å². The summed E-state index contributed by atoms with van der Waals surface area (Å²) in [5, 5.41) is 8.15. The topological polar surface area (TPSA) is 84.2 Å². The summed E-state index contributed by atoms with van der Waals surface area (Å²) in [5.41, 5.74) is 0. The van der Waals surface area contributed by atoms with Crippen LogP contribution < -0.4 is 0 Å². The Kier molecular flexibility index (Phi) is 5.88. The molecule has 0 aliphatic carbocycles. The molecule has 0 unspecified atom stereocenters. The Labute approximate surface area is 83.6 Å². The summed E-state index contributed by atoms with van der Waals surface area (Å²) in [6, 6.07) is 1.48. The van der Waals surface area contributed by atoms with E-state index in [0.717, 1.165) is 6.42 Å². The first-order valence-electron chi connectivity index (χ1n) is 4.25. The van der Waals surface area contributed by atoms with Gasteiger partial charge in [-0.25, -0.2) is 8.42 Å². The minimum absolute atomic E-state index is 0.234. The molecular weight excluding hydrogens is 206 g/mol. The largest absolute Gasteiger partial charge is 0.465 e. The van der Waals surface area contributed by atoms with Crippen molar-refractivity contribution in [2.45, 2.75) is 19.8 Å². The summed E-state index contributed by atoms with van der Waals surface area (Å²) in [7, 11) is -3.60. The van der Waals surface area contributed by atoms with Crippen molar-refractivity contribution < 1.29 is 17.9 Å². The first-order chi connectivity index (χ1) is 6.52. The molecular formula is C8H13NO4S. The zero-order valence-electron chi connectivity index (χ0n) is 8.02. The predicted octanol–water partition coefficient (Wildman–Crippen LogP) is 0.268. The van der Waals surface area contributed by atoms with Crippen LogP contribution >= 0.6 is 0 Å². The van der Waals surface area contributed by atoms with Crippen molar-refractivity contribution in [3.05, 3.63) is 0 Å². The van der Waals surface area contributed by atoms with Gasteiger partial charge in [0.25, 0.3) is 0 Å². The van der Waals surface area contributed by atoms with Crippen molar-refractivity contribution in [2.75, 3.05) is 18.1 Å². The van der Waals surface area contributed by atoms with Crippen LogP contribution in [0.2, 0.25) is 0 Å². The summed E-state index contributed by atoms with van der Waals surface area (Å²) in [6.07, 6.45) is 1.59. The molecule has 0 radical (unpaired) electrons. The van der Waals surface area contributed by atoms with Gasteiger partial charge in [-0.2, -0.15) is 5.26 Å². The van der Waals surface area contributed by atoms with Gasteiger partial charge in [0.15, 0.2) is 9.84 Å². The van der Waals surface area contributed by atoms with E-state index in [1.165, 1.54) is 6.07 Å². The highest BCUT2D eigenvalue weighted by Gasteiger charge is 2.16. The van der Waals surface area contributed by atoms with Gasteiger partial charge in [0, 0.05) is 0 Å². The van der Waals surface area contributed by atoms with E-state index in [0.29, 0.717) is 6.42 Å². The van der Waals surface area contributed by atoms with E-state index in [1.807, 2.05) is 6.92 Å². The third kappa shape index (κ3) is 6.43. The van der Waals surface area contributed by atoms with Crippen LogP contribution in [0.15, 0.2) is 0 Å². The Morgan fingerprint density at radius 3 is 2.64 bits per heavy atom. The van der Waals surface area contributed by atoms with Crippen LogP contribution in [0.3, 0.4) is 0 Å². The van der Waals surface area contributed by atoms with Gasteiger partial charge in [-0.15, -0.1) is 0 Å². The quantitative estimate of drug-likeness (QED) is 0.473. The normalized spacial score (nSPS) is 10.6. The maximum atomic E-state index is 11.0. The van der Waals surface area contributed by atoms with Gasteiger partial charge >= 0.3 is 5.97 Å². The standard InChI is InChI=1S/C8H13NO4S/c1-2-3-5-13-8(10)7-14(11,12)6-4-9/h2-3,5-7H2,1H3. The van der Waals surface area contributed by atoms with Crippen LogP contribution in [-0.2, 0) is 19.4 Å². The lowest BCUT2D eigenvalue weighted by molar-refractivity contribution is -0.140. The minimum Gasteiger partial charge on any atom is -0.465 e. The zero-order valence-corrected chi connectivity index (χ0v) is 8.84. The van der Waals surface area contributed by atoms with E-state index in [-0.39, 0.29) is 6.61 Å². The molecule has 0 rings (SSSR count). The minimum atomic E-state index is -3.60. The summed E-state index contributed by atoms with van der Waals surface area (Å²) in [5.74, 6) is -2.13. The molecule has 0 fully saturated rings. The average Bonchev–Trinajstić information content (AvgIpc) is 2.03. The SMILES string of the molecule is CCCCOC(=O)CS(=O)(=O)CC#N. The molecule has 0 spiro atoms. The van der Waals surface area contributed by atoms with Gasteiger partial charge in [-0.05, 0) is 6.42 Å². The number of carbonyl (C=O) groups excluding carboxylic acids is 1. The van der Waals surface area contributed by atoms with Gasteiger partial charge < -0.3 is 4.74 Å². The first kappa shape index (κ1) is 12.9. The van der Waals surface area contributed by atoms with E-state index < -0.39 is 27.3 Å². The summed E-state index contributed by atoms with van der Waals surface area (Å²) >= 11 is 0. The first-order valence-corrected chi connectivity index (χ1v) is 6.07. The fraction of sp³-hybridized carbons (Fsp3) is 0.750. The molecule has 0 bridgehead atoms. The molecule has 0 amide bonds. The molecule has 0 aromatic carbocycles. The van der Waals surface area contributed by atoms with Gasteiger partial charge in [0.1, 0.15) is 11.5 Å². The van der Waals surface area contributed by atoms with Crippen LogP contribution in [0.1, 0.15) is 19.8 Å². The Morgan fingerprint density at radius 1 is 1.50 bits per heavy atom. The molecule has 0 heterocycles. The highest BCUT2D eigenvalue weighted by Crippen LogP contribution is 1.94. The number of nitrogens with zero attached hydrogens (tertiary/aromatic N) is 1. The van der Waals surface area contributed by atoms with E-state index >= 15 is 0 Å². The van der Waals surface area contributed by atoms with Crippen LogP contribution in [0.4, 0.5) is 0 Å². The lowest BCUT2D eigenvalue weighted by Gasteiger charge is -2.02. The smallest absolute Gasteiger partial charge is 0.321 e. The Balaban J connectivity index is 3.89. The lowest BCUT2D eigenvalue weighted by Crippen LogP contribution is -2.20. The summed E-state index contributed by atoms with van der Waals surface area (Å²) in [4.78, 5) is 10.9. The molecule has 0 aromatic rings. The summed E-state index contributed by atoms with van der Waals surface area (Å²) in [6.45, 7) is 2.16. The number of ether oxygens (including phenoxy) is 1. The molecule has 6 heteroatoms. The van der Waals surface area contributed by atoms with Gasteiger partial charge in [0.2, 0.25) is 0 Å². The van der Waals surface area contributed by atoms with Crippen LogP contribution in [0.25, 0.3) is 0 Å². The molecule has 0 aromatic heterocycles. The lowest BCUT2D eigenvalue weighted by atomic mass is 10.4. The van der Waals surface area contributed by atoms with Crippen molar-refractivity contribution in [1.29, 1.82) is 5.26 Å². The fourth-order valence-corrected chi connectivity index (χ4v) is 1.44. The number of carbonyl (C=O) groups is 1. The number of sulfone groups is 1. The van der Waals surface area contributed by atoms with Gasteiger partial charge in [0.05, 0.1) is 12.7 Å². The molecule has 0 aliphatic heterocycles. The molecule has 0 saturated carbocycles. The van der Waals surface area contributed by atoms with E-state index in [1.54, 1.807) is 0 Å². The maximum absolute atomic E-state index is 11.0. The third-order valence-corrected chi connectivity index (χ3v) is 2.63. The Morgan fingerprint density at radius 2 is 2.14 bits per heavy atom. The molecule has 0 saturated heterocycles. The van der Waals surface area contributed by atoms with Gasteiger partial charge in [-0.3, -0.25) is 4.79 Å². The molecule has 14 heavy (non-hydrogen) atoms. The number of nitriles is 1. The van der Waals surface area contributed by atoms with Crippen molar-refractivity contribution >= 4 is 15.8 Å². The van der Waals surface area contributed by atoms with E-state index in [2.05, 4.69) is 4.74 Å². The second kappa shape index (κ2) is 6.38. The van der Waals surface area contributed by atoms with Crippen molar-refractivity contribution in [1.82, 2.24) is 0 Å². The van der Waals surface area contributed by atoms with Gasteiger partial charge in [-0.1, -0.05) is 13.3 Å². The Bertz CT molecular complexity index is 315. The second-order valence-corrected chi connectivity index (χ2v) is 4.83. The number of hydrogen-bond donors (Lipinski definition) is 0. The number of esters is 1. The van der Waals surface area contributed by atoms with Crippen molar-refractivity contribution in [2.24, 2.45) is 0 Å². The number of unbranched alkanes of at least 4 members (excludes halogenated alkanes) is 1. The predicted molar refractivity (Wildman–Crippen MR) is 50.1 cm³/mol. The Hall–Kier alpha value is -1.09. The van der Waals surface area contributed by atoms with Crippen LogP contribution in [0, 0.1) is 11.3 Å². The summed E-state index contributed by atoms with van der Waals surface area (Å²) < 4.78 is 26.5. The average molecular weight is 219 g/mol. The second-order valence-electron chi connectivity index (χ2n) is 2.76. The fourth-order valence-electron chi connectivity index (χ4n) is 0.701. The molecule has 5 nitrogen and oxygen atoms in total. The zero-order chi connectivity index (χ0) is 11.0. The van der Waals surface area contributed by atoms with E-state index in [9.17, 15) is 13.2 Å². The number of rotatable bonds is 6. The highest BCUT2D eigenvalue weighted by molar-refractivity contribution is 7.92. The third-order valence-electron chi connectivity index (χ3n) is 1.38. The maximum Gasteiger partial charge on any atom is 0.321 e. The molecule has 0 N–H and O–H groups in total. The van der Waals surface area contributed by atoms with Crippen molar-refractivity contribution in [3.63, 3.8) is 0 Å².